The van der Waals surface area contributed by atoms with Crippen LogP contribution in [-0.2, 0) is 10.0 Å². The van der Waals surface area contributed by atoms with Crippen molar-refractivity contribution in [2.24, 2.45) is 0 Å². The third-order valence-corrected chi connectivity index (χ3v) is 7.80. The molecule has 1 fully saturated rings. The number of hydrogen-bond donors (Lipinski definition) is 0. The maximum atomic E-state index is 13.2. The SMILES string of the molecule is Cc1ccc(Cl)cc1S(=O)(=O)N1CCCC(c2nnc(-c3ccc4c(c3)OCO4)o2)C1. The predicted octanol–water partition coefficient (Wildman–Crippen LogP) is 4.00. The largest absolute Gasteiger partial charge is 0.454 e. The summed E-state index contributed by atoms with van der Waals surface area (Å²) in [6.45, 7) is 2.66. The minimum atomic E-state index is -3.68. The van der Waals surface area contributed by atoms with Gasteiger partial charge in [0.25, 0.3) is 0 Å². The van der Waals surface area contributed by atoms with E-state index in [0.29, 0.717) is 46.8 Å². The van der Waals surface area contributed by atoms with Crippen molar-refractivity contribution in [2.75, 3.05) is 19.9 Å². The van der Waals surface area contributed by atoms with Crippen LogP contribution in [0.25, 0.3) is 11.5 Å². The molecule has 0 bridgehead atoms. The van der Waals surface area contributed by atoms with E-state index in [1.54, 1.807) is 31.2 Å². The van der Waals surface area contributed by atoms with Crippen LogP contribution in [-0.4, -0.2) is 42.8 Å². The van der Waals surface area contributed by atoms with Gasteiger partial charge in [0.15, 0.2) is 11.5 Å². The molecule has 2 aliphatic rings. The van der Waals surface area contributed by atoms with Gasteiger partial charge in [0.1, 0.15) is 0 Å². The molecule has 0 aliphatic carbocycles. The van der Waals surface area contributed by atoms with E-state index in [1.165, 1.54) is 10.4 Å². The number of fused-ring (bicyclic) bond motifs is 1. The molecule has 31 heavy (non-hydrogen) atoms. The molecule has 1 atom stereocenters. The number of sulfonamides is 1. The Morgan fingerprint density at radius 2 is 1.94 bits per heavy atom. The van der Waals surface area contributed by atoms with Gasteiger partial charge >= 0.3 is 0 Å². The van der Waals surface area contributed by atoms with E-state index in [4.69, 9.17) is 25.5 Å². The minimum Gasteiger partial charge on any atom is -0.454 e. The van der Waals surface area contributed by atoms with E-state index in [-0.39, 0.29) is 24.2 Å². The van der Waals surface area contributed by atoms with Gasteiger partial charge in [0, 0.05) is 23.7 Å². The van der Waals surface area contributed by atoms with Gasteiger partial charge < -0.3 is 13.9 Å². The maximum absolute atomic E-state index is 13.2. The Balaban J connectivity index is 1.38. The third kappa shape index (κ3) is 3.77. The van der Waals surface area contributed by atoms with Gasteiger partial charge in [-0.3, -0.25) is 0 Å². The number of ether oxygens (including phenoxy) is 2. The Labute approximate surface area is 184 Å². The molecule has 1 saturated heterocycles. The van der Waals surface area contributed by atoms with Gasteiger partial charge in [0.05, 0.1) is 10.8 Å². The quantitative estimate of drug-likeness (QED) is 0.579. The van der Waals surface area contributed by atoms with Crippen molar-refractivity contribution in [1.29, 1.82) is 0 Å². The molecule has 0 radical (unpaired) electrons. The Morgan fingerprint density at radius 3 is 2.81 bits per heavy atom. The average molecular weight is 462 g/mol. The zero-order valence-electron chi connectivity index (χ0n) is 16.7. The first kappa shape index (κ1) is 20.3. The van der Waals surface area contributed by atoms with E-state index in [0.717, 1.165) is 12.0 Å². The van der Waals surface area contributed by atoms with Crippen molar-refractivity contribution >= 4 is 21.6 Å². The highest BCUT2D eigenvalue weighted by atomic mass is 35.5. The second-order valence-corrected chi connectivity index (χ2v) is 9.97. The van der Waals surface area contributed by atoms with Crippen molar-refractivity contribution in [3.63, 3.8) is 0 Å². The third-order valence-electron chi connectivity index (χ3n) is 5.56. The summed E-state index contributed by atoms with van der Waals surface area (Å²) in [5.41, 5.74) is 1.38. The van der Waals surface area contributed by atoms with Gasteiger partial charge in [-0.25, -0.2) is 8.42 Å². The van der Waals surface area contributed by atoms with Gasteiger partial charge in [-0.2, -0.15) is 4.31 Å². The van der Waals surface area contributed by atoms with Crippen molar-refractivity contribution in [2.45, 2.75) is 30.6 Å². The van der Waals surface area contributed by atoms with Crippen LogP contribution in [0, 0.1) is 6.92 Å². The van der Waals surface area contributed by atoms with Crippen LogP contribution in [0.5, 0.6) is 11.5 Å². The molecule has 3 heterocycles. The molecule has 2 aromatic carbocycles. The fourth-order valence-electron chi connectivity index (χ4n) is 3.90. The predicted molar refractivity (Wildman–Crippen MR) is 113 cm³/mol. The zero-order chi connectivity index (χ0) is 21.6. The highest BCUT2D eigenvalue weighted by molar-refractivity contribution is 7.89. The molecule has 0 spiro atoms. The monoisotopic (exact) mass is 461 g/mol. The van der Waals surface area contributed by atoms with E-state index in [2.05, 4.69) is 10.2 Å². The highest BCUT2D eigenvalue weighted by Crippen LogP contribution is 2.37. The molecular weight excluding hydrogens is 442 g/mol. The lowest BCUT2D eigenvalue weighted by atomic mass is 10.00. The summed E-state index contributed by atoms with van der Waals surface area (Å²) in [6.07, 6.45) is 1.47. The van der Waals surface area contributed by atoms with Crippen LogP contribution in [0.15, 0.2) is 45.7 Å². The summed E-state index contributed by atoms with van der Waals surface area (Å²) < 4.78 is 44.6. The molecule has 10 heteroatoms. The molecular formula is C21H20ClN3O5S. The lowest BCUT2D eigenvalue weighted by Crippen LogP contribution is -2.39. The number of hydrogen-bond acceptors (Lipinski definition) is 7. The fourth-order valence-corrected chi connectivity index (χ4v) is 5.91. The van der Waals surface area contributed by atoms with E-state index < -0.39 is 10.0 Å². The van der Waals surface area contributed by atoms with Crippen LogP contribution in [0.2, 0.25) is 5.02 Å². The number of aryl methyl sites for hydroxylation is 1. The molecule has 162 valence electrons. The molecule has 0 amide bonds. The highest BCUT2D eigenvalue weighted by Gasteiger charge is 2.34. The van der Waals surface area contributed by atoms with Gasteiger partial charge in [-0.1, -0.05) is 17.7 Å². The smallest absolute Gasteiger partial charge is 0.247 e. The first-order valence-corrected chi connectivity index (χ1v) is 11.7. The Hall–Kier alpha value is -2.62. The lowest BCUT2D eigenvalue weighted by molar-refractivity contribution is 0.174. The van der Waals surface area contributed by atoms with E-state index in [9.17, 15) is 8.42 Å². The topological polar surface area (TPSA) is 94.8 Å². The lowest BCUT2D eigenvalue weighted by Gasteiger charge is -2.30. The maximum Gasteiger partial charge on any atom is 0.247 e. The number of aromatic nitrogens is 2. The van der Waals surface area contributed by atoms with Gasteiger partial charge in [0.2, 0.25) is 28.6 Å². The summed E-state index contributed by atoms with van der Waals surface area (Å²) in [7, 11) is -3.68. The number of benzene rings is 2. The van der Waals surface area contributed by atoms with Crippen LogP contribution in [0.4, 0.5) is 0 Å². The molecule has 1 aromatic heterocycles. The number of rotatable bonds is 4. The van der Waals surface area contributed by atoms with Crippen LogP contribution in [0.1, 0.15) is 30.2 Å². The molecule has 0 saturated carbocycles. The summed E-state index contributed by atoms with van der Waals surface area (Å²) in [6, 6.07) is 10.3. The summed E-state index contributed by atoms with van der Waals surface area (Å²) >= 11 is 6.05. The van der Waals surface area contributed by atoms with Crippen LogP contribution in [0.3, 0.4) is 0 Å². The van der Waals surface area contributed by atoms with Gasteiger partial charge in [-0.05, 0) is 55.7 Å². The second-order valence-electron chi connectivity index (χ2n) is 7.63. The summed E-state index contributed by atoms with van der Waals surface area (Å²) in [5, 5.41) is 8.75. The van der Waals surface area contributed by atoms with E-state index >= 15 is 0 Å². The van der Waals surface area contributed by atoms with Gasteiger partial charge in [-0.15, -0.1) is 10.2 Å². The van der Waals surface area contributed by atoms with Crippen LogP contribution >= 0.6 is 11.6 Å². The second kappa shape index (κ2) is 7.81. The average Bonchev–Trinajstić information content (AvgIpc) is 3.44. The minimum absolute atomic E-state index is 0.182. The molecule has 1 unspecified atom stereocenters. The Bertz CT molecular complexity index is 1240. The standard InChI is InChI=1S/C21H20ClN3O5S/c1-13-4-6-16(22)10-19(13)31(26,27)25-8-2-3-15(11-25)21-24-23-20(30-21)14-5-7-17-18(9-14)29-12-28-17/h4-7,9-10,15H,2-3,8,11-12H2,1H3. The van der Waals surface area contributed by atoms with Crippen molar-refractivity contribution in [3.05, 3.63) is 52.9 Å². The first-order valence-electron chi connectivity index (χ1n) is 9.91. The normalized spacial score (nSPS) is 19.0. The number of piperidine rings is 1. The number of halogens is 1. The summed E-state index contributed by atoms with van der Waals surface area (Å²) in [4.78, 5) is 0.229. The first-order chi connectivity index (χ1) is 14.9. The zero-order valence-corrected chi connectivity index (χ0v) is 18.3. The Morgan fingerprint density at radius 1 is 1.10 bits per heavy atom. The van der Waals surface area contributed by atoms with Crippen molar-refractivity contribution < 1.29 is 22.3 Å². The van der Waals surface area contributed by atoms with E-state index in [1.807, 2.05) is 6.07 Å². The van der Waals surface area contributed by atoms with Crippen LogP contribution < -0.4 is 9.47 Å². The number of nitrogens with zero attached hydrogens (tertiary/aromatic N) is 3. The Kier molecular flexibility index (Phi) is 5.11. The molecule has 3 aromatic rings. The molecule has 5 rings (SSSR count). The van der Waals surface area contributed by atoms with Crippen molar-refractivity contribution in [3.8, 4) is 23.0 Å². The fraction of sp³-hybridized carbons (Fsp3) is 0.333. The molecule has 8 nitrogen and oxygen atoms in total. The van der Waals surface area contributed by atoms with Crippen molar-refractivity contribution in [1.82, 2.24) is 14.5 Å². The molecule has 2 aliphatic heterocycles. The summed E-state index contributed by atoms with van der Waals surface area (Å²) in [5.74, 6) is 1.91. The molecule has 0 N–H and O–H groups in total.